The number of aryl methyl sites for hydroxylation is 2. The van der Waals surface area contributed by atoms with E-state index in [-0.39, 0.29) is 0 Å². The highest BCUT2D eigenvalue weighted by molar-refractivity contribution is 7.81. The van der Waals surface area contributed by atoms with Gasteiger partial charge in [-0.2, -0.15) is 0 Å². The summed E-state index contributed by atoms with van der Waals surface area (Å²) in [6.07, 6.45) is 0. The van der Waals surface area contributed by atoms with Gasteiger partial charge in [0.25, 0.3) is 0 Å². The lowest BCUT2D eigenvalue weighted by Crippen LogP contribution is -2.45. The monoisotopic (exact) mass is 360 g/mol. The van der Waals surface area contributed by atoms with Gasteiger partial charge in [-0.1, -0.05) is 18.2 Å². The zero-order valence-electron chi connectivity index (χ0n) is 13.8. The van der Waals surface area contributed by atoms with E-state index in [0.717, 1.165) is 28.3 Å². The summed E-state index contributed by atoms with van der Waals surface area (Å²) in [5.74, 6) is 0.788. The van der Waals surface area contributed by atoms with Crippen LogP contribution in [-0.4, -0.2) is 17.3 Å². The van der Waals surface area contributed by atoms with E-state index in [2.05, 4.69) is 21.5 Å². The molecule has 0 spiro atoms. The molecule has 0 radical (unpaired) electrons. The first-order valence-corrected chi connectivity index (χ1v) is 8.15. The van der Waals surface area contributed by atoms with E-state index in [0.29, 0.717) is 10.2 Å². The van der Waals surface area contributed by atoms with Gasteiger partial charge < -0.3 is 15.4 Å². The van der Waals surface area contributed by atoms with Crippen LogP contribution in [0, 0.1) is 13.8 Å². The van der Waals surface area contributed by atoms with Gasteiger partial charge in [-0.15, -0.1) is 0 Å². The highest BCUT2D eigenvalue weighted by Crippen LogP contribution is 2.19. The van der Waals surface area contributed by atoms with Crippen molar-refractivity contribution in [1.29, 1.82) is 0 Å². The predicted molar refractivity (Wildman–Crippen MR) is 108 cm³/mol. The standard InChI is InChI=1S/C17H20N4OS2/c1-11-5-4-6-12(2)15(11)19-17(24)21-20-16(23)18-13-7-9-14(22-3)10-8-13/h4-10H,1-3H3,(H2,18,20,23)(H2,19,21,24). The molecule has 0 saturated heterocycles. The van der Waals surface area contributed by atoms with Gasteiger partial charge in [0.1, 0.15) is 5.75 Å². The average molecular weight is 361 g/mol. The molecule has 0 aromatic heterocycles. The molecule has 0 aliphatic rings. The third-order valence-corrected chi connectivity index (χ3v) is 3.77. The van der Waals surface area contributed by atoms with Gasteiger partial charge in [0.15, 0.2) is 10.2 Å². The number of thiocarbonyl (C=S) groups is 2. The Labute approximate surface area is 152 Å². The second kappa shape index (κ2) is 8.47. The third-order valence-electron chi connectivity index (χ3n) is 3.36. The van der Waals surface area contributed by atoms with Gasteiger partial charge in [-0.3, -0.25) is 10.9 Å². The zero-order chi connectivity index (χ0) is 17.5. The summed E-state index contributed by atoms with van der Waals surface area (Å²) in [6.45, 7) is 4.06. The van der Waals surface area contributed by atoms with Crippen molar-refractivity contribution in [3.63, 3.8) is 0 Å². The number of hydrazine groups is 1. The molecule has 0 heterocycles. The molecule has 24 heavy (non-hydrogen) atoms. The van der Waals surface area contributed by atoms with E-state index in [1.54, 1.807) is 7.11 Å². The van der Waals surface area contributed by atoms with E-state index >= 15 is 0 Å². The molecule has 5 nitrogen and oxygen atoms in total. The molecule has 4 N–H and O–H groups in total. The van der Waals surface area contributed by atoms with Crippen LogP contribution in [0.25, 0.3) is 0 Å². The van der Waals surface area contributed by atoms with Gasteiger partial charge in [0.2, 0.25) is 0 Å². The largest absolute Gasteiger partial charge is 0.497 e. The molecule has 2 aromatic rings. The Kier molecular flexibility index (Phi) is 6.34. The summed E-state index contributed by atoms with van der Waals surface area (Å²) >= 11 is 10.5. The molecule has 0 saturated carbocycles. The number of methoxy groups -OCH3 is 1. The lowest BCUT2D eigenvalue weighted by Gasteiger charge is -2.16. The Bertz CT molecular complexity index is 712. The number of hydrogen-bond acceptors (Lipinski definition) is 3. The van der Waals surface area contributed by atoms with E-state index in [9.17, 15) is 0 Å². The molecule has 2 rings (SSSR count). The summed E-state index contributed by atoms with van der Waals surface area (Å²) in [6, 6.07) is 13.5. The van der Waals surface area contributed by atoms with Crippen LogP contribution in [0.5, 0.6) is 5.75 Å². The Morgan fingerprint density at radius 2 is 1.38 bits per heavy atom. The smallest absolute Gasteiger partial charge is 0.189 e. The minimum Gasteiger partial charge on any atom is -0.497 e. The number of anilines is 2. The first kappa shape index (κ1) is 18.0. The molecule has 7 heteroatoms. The molecule has 0 unspecified atom stereocenters. The van der Waals surface area contributed by atoms with Crippen molar-refractivity contribution in [3.8, 4) is 5.75 Å². The van der Waals surface area contributed by atoms with E-state index < -0.39 is 0 Å². The molecule has 0 bridgehead atoms. The van der Waals surface area contributed by atoms with Crippen molar-refractivity contribution in [2.24, 2.45) is 0 Å². The van der Waals surface area contributed by atoms with Gasteiger partial charge in [0.05, 0.1) is 7.11 Å². The van der Waals surface area contributed by atoms with E-state index in [1.165, 1.54) is 0 Å². The van der Waals surface area contributed by atoms with Crippen molar-refractivity contribution in [2.75, 3.05) is 17.7 Å². The van der Waals surface area contributed by atoms with Crippen molar-refractivity contribution >= 4 is 46.0 Å². The molecule has 2 aromatic carbocycles. The number of benzene rings is 2. The number of ether oxygens (including phenoxy) is 1. The van der Waals surface area contributed by atoms with Crippen LogP contribution in [-0.2, 0) is 0 Å². The number of para-hydroxylation sites is 1. The van der Waals surface area contributed by atoms with Crippen LogP contribution in [0.2, 0.25) is 0 Å². The molecule has 0 amide bonds. The highest BCUT2D eigenvalue weighted by Gasteiger charge is 2.04. The molecular formula is C17H20N4OS2. The molecule has 0 aliphatic carbocycles. The maximum Gasteiger partial charge on any atom is 0.189 e. The van der Waals surface area contributed by atoms with E-state index in [1.807, 2.05) is 56.3 Å². The van der Waals surface area contributed by atoms with Gasteiger partial charge in [-0.05, 0) is 73.7 Å². The van der Waals surface area contributed by atoms with Crippen molar-refractivity contribution in [1.82, 2.24) is 10.9 Å². The van der Waals surface area contributed by atoms with E-state index in [4.69, 9.17) is 29.2 Å². The minimum atomic E-state index is 0.408. The maximum atomic E-state index is 5.28. The van der Waals surface area contributed by atoms with Gasteiger partial charge in [-0.25, -0.2) is 0 Å². The predicted octanol–water partition coefficient (Wildman–Crippen LogP) is 3.50. The van der Waals surface area contributed by atoms with Crippen LogP contribution >= 0.6 is 24.4 Å². The number of rotatable bonds is 3. The molecule has 0 atom stereocenters. The summed E-state index contributed by atoms with van der Waals surface area (Å²) in [5.41, 5.74) is 9.81. The fraction of sp³-hybridized carbons (Fsp3) is 0.176. The molecule has 0 fully saturated rings. The van der Waals surface area contributed by atoms with Gasteiger partial charge >= 0.3 is 0 Å². The lowest BCUT2D eigenvalue weighted by atomic mass is 10.1. The van der Waals surface area contributed by atoms with Crippen molar-refractivity contribution in [2.45, 2.75) is 13.8 Å². The number of nitrogens with one attached hydrogen (secondary N) is 4. The molecule has 0 aliphatic heterocycles. The number of hydrogen-bond donors (Lipinski definition) is 4. The zero-order valence-corrected chi connectivity index (χ0v) is 15.4. The lowest BCUT2D eigenvalue weighted by molar-refractivity contribution is 0.415. The van der Waals surface area contributed by atoms with Crippen LogP contribution in [0.4, 0.5) is 11.4 Å². The minimum absolute atomic E-state index is 0.408. The highest BCUT2D eigenvalue weighted by atomic mass is 32.1. The van der Waals surface area contributed by atoms with Crippen molar-refractivity contribution in [3.05, 3.63) is 53.6 Å². The molecule has 126 valence electrons. The Hall–Kier alpha value is -2.38. The fourth-order valence-corrected chi connectivity index (χ4v) is 2.43. The quantitative estimate of drug-likeness (QED) is 0.494. The Morgan fingerprint density at radius 1 is 0.833 bits per heavy atom. The summed E-state index contributed by atoms with van der Waals surface area (Å²) < 4.78 is 5.11. The van der Waals surface area contributed by atoms with Gasteiger partial charge in [0, 0.05) is 11.4 Å². The average Bonchev–Trinajstić information content (AvgIpc) is 2.57. The summed E-state index contributed by atoms with van der Waals surface area (Å²) in [4.78, 5) is 0. The Balaban J connectivity index is 1.83. The van der Waals surface area contributed by atoms with Crippen LogP contribution in [0.3, 0.4) is 0 Å². The van der Waals surface area contributed by atoms with Crippen LogP contribution < -0.4 is 26.2 Å². The van der Waals surface area contributed by atoms with Crippen molar-refractivity contribution < 1.29 is 4.74 Å². The topological polar surface area (TPSA) is 57.4 Å². The first-order chi connectivity index (χ1) is 11.5. The second-order valence-corrected chi connectivity index (χ2v) is 5.97. The normalized spacial score (nSPS) is 9.79. The third kappa shape index (κ3) is 5.07. The maximum absolute atomic E-state index is 5.28. The Morgan fingerprint density at radius 3 is 1.92 bits per heavy atom. The van der Waals surface area contributed by atoms with Crippen LogP contribution in [0.1, 0.15) is 11.1 Å². The first-order valence-electron chi connectivity index (χ1n) is 7.34. The molecular weight excluding hydrogens is 340 g/mol. The summed E-state index contributed by atoms with van der Waals surface area (Å²) in [7, 11) is 1.63. The second-order valence-electron chi connectivity index (χ2n) is 5.15. The SMILES string of the molecule is COc1ccc(NC(=S)NNC(=S)Nc2c(C)cccc2C)cc1. The summed E-state index contributed by atoms with van der Waals surface area (Å²) in [5, 5.41) is 7.06. The fourth-order valence-electron chi connectivity index (χ4n) is 2.11. The van der Waals surface area contributed by atoms with Crippen LogP contribution in [0.15, 0.2) is 42.5 Å².